The molecule has 0 spiro atoms. The number of ether oxygens (including phenoxy) is 1. The first-order chi connectivity index (χ1) is 8.86. The van der Waals surface area contributed by atoms with Crippen LogP contribution in [0.2, 0.25) is 0 Å². The number of hydrogen-bond donors (Lipinski definition) is 1. The largest absolute Gasteiger partial charge is 0.494 e. The monoisotopic (exact) mass is 239 g/mol. The van der Waals surface area contributed by atoms with Gasteiger partial charge in [0.05, 0.1) is 12.6 Å². The Balaban J connectivity index is 1.83. The average molecular weight is 239 g/mol. The first kappa shape index (κ1) is 11.1. The maximum atomic E-state index is 5.54. The molecular weight excluding hydrogens is 222 g/mol. The molecule has 92 valence electrons. The summed E-state index contributed by atoms with van der Waals surface area (Å²) < 4.78 is 5.54. The third kappa shape index (κ3) is 2.06. The molecule has 0 saturated heterocycles. The lowest BCUT2D eigenvalue weighted by Gasteiger charge is -2.10. The summed E-state index contributed by atoms with van der Waals surface area (Å²) in [4.78, 5) is 0. The molecule has 0 bridgehead atoms. The first-order valence-corrected chi connectivity index (χ1v) is 6.44. The van der Waals surface area contributed by atoms with Crippen LogP contribution < -0.4 is 10.1 Å². The van der Waals surface area contributed by atoms with Crippen LogP contribution in [0.5, 0.6) is 5.75 Å². The Hall–Kier alpha value is -1.96. The van der Waals surface area contributed by atoms with Crippen molar-refractivity contribution in [2.24, 2.45) is 0 Å². The summed E-state index contributed by atoms with van der Waals surface area (Å²) in [6, 6.07) is 17.3. The highest BCUT2D eigenvalue weighted by atomic mass is 16.5. The van der Waals surface area contributed by atoms with E-state index in [2.05, 4.69) is 47.8 Å². The van der Waals surface area contributed by atoms with Crippen LogP contribution in [0.25, 0.3) is 0 Å². The predicted molar refractivity (Wildman–Crippen MR) is 74.1 cm³/mol. The highest BCUT2D eigenvalue weighted by Crippen LogP contribution is 2.36. The lowest BCUT2D eigenvalue weighted by molar-refractivity contribution is 0.340. The molecule has 1 aliphatic heterocycles. The van der Waals surface area contributed by atoms with Gasteiger partial charge in [0.2, 0.25) is 0 Å². The third-order valence-electron chi connectivity index (χ3n) is 3.34. The molecule has 1 heterocycles. The van der Waals surface area contributed by atoms with Gasteiger partial charge < -0.3 is 10.1 Å². The van der Waals surface area contributed by atoms with E-state index >= 15 is 0 Å². The van der Waals surface area contributed by atoms with Gasteiger partial charge in [-0.25, -0.2) is 0 Å². The average Bonchev–Trinajstić information content (AvgIpc) is 2.83. The van der Waals surface area contributed by atoms with Crippen LogP contribution in [0.4, 0.5) is 5.69 Å². The van der Waals surface area contributed by atoms with E-state index < -0.39 is 0 Å². The highest BCUT2D eigenvalue weighted by molar-refractivity contribution is 5.60. The normalized spacial score (nSPS) is 17.1. The molecule has 1 unspecified atom stereocenters. The number of anilines is 1. The zero-order chi connectivity index (χ0) is 12.4. The molecular formula is C16H17NO. The SMILES string of the molecule is CCOc1ccc2c(c1)CC(c1ccccc1)N2. The van der Waals surface area contributed by atoms with E-state index in [1.54, 1.807) is 0 Å². The van der Waals surface area contributed by atoms with Crippen LogP contribution in [0.15, 0.2) is 48.5 Å². The van der Waals surface area contributed by atoms with Crippen molar-refractivity contribution in [2.75, 3.05) is 11.9 Å². The van der Waals surface area contributed by atoms with E-state index in [0.717, 1.165) is 12.2 Å². The minimum absolute atomic E-state index is 0.387. The first-order valence-electron chi connectivity index (χ1n) is 6.44. The molecule has 1 atom stereocenters. The topological polar surface area (TPSA) is 21.3 Å². The Morgan fingerprint density at radius 3 is 2.78 bits per heavy atom. The summed E-state index contributed by atoms with van der Waals surface area (Å²) in [5.74, 6) is 0.965. The van der Waals surface area contributed by atoms with Crippen LogP contribution in [0.3, 0.4) is 0 Å². The van der Waals surface area contributed by atoms with Gasteiger partial charge >= 0.3 is 0 Å². The van der Waals surface area contributed by atoms with Crippen LogP contribution >= 0.6 is 0 Å². The van der Waals surface area contributed by atoms with Gasteiger partial charge in [-0.3, -0.25) is 0 Å². The molecule has 2 heteroatoms. The van der Waals surface area contributed by atoms with Crippen molar-refractivity contribution < 1.29 is 4.74 Å². The fraction of sp³-hybridized carbons (Fsp3) is 0.250. The van der Waals surface area contributed by atoms with Crippen molar-refractivity contribution in [3.05, 3.63) is 59.7 Å². The van der Waals surface area contributed by atoms with E-state index in [1.165, 1.54) is 16.8 Å². The standard InChI is InChI=1S/C16H17NO/c1-2-18-14-8-9-15-13(10-14)11-16(17-15)12-6-4-3-5-7-12/h3-10,16-17H,2,11H2,1H3. The van der Waals surface area contributed by atoms with Crippen molar-refractivity contribution in [3.63, 3.8) is 0 Å². The summed E-state index contributed by atoms with van der Waals surface area (Å²) in [5.41, 5.74) is 3.91. The smallest absolute Gasteiger partial charge is 0.119 e. The number of benzene rings is 2. The molecule has 0 fully saturated rings. The molecule has 0 aromatic heterocycles. The zero-order valence-corrected chi connectivity index (χ0v) is 10.5. The Bertz CT molecular complexity index is 536. The molecule has 0 radical (unpaired) electrons. The molecule has 2 aromatic carbocycles. The van der Waals surface area contributed by atoms with E-state index in [9.17, 15) is 0 Å². The van der Waals surface area contributed by atoms with Crippen LogP contribution in [0, 0.1) is 0 Å². The number of rotatable bonds is 3. The summed E-state index contributed by atoms with van der Waals surface area (Å²) in [6.45, 7) is 2.73. The predicted octanol–water partition coefficient (Wildman–Crippen LogP) is 3.79. The molecule has 0 amide bonds. The summed E-state index contributed by atoms with van der Waals surface area (Å²) in [6.07, 6.45) is 1.03. The molecule has 18 heavy (non-hydrogen) atoms. The van der Waals surface area contributed by atoms with E-state index in [0.29, 0.717) is 12.6 Å². The van der Waals surface area contributed by atoms with Crippen molar-refractivity contribution in [1.29, 1.82) is 0 Å². The summed E-state index contributed by atoms with van der Waals surface area (Å²) in [7, 11) is 0. The molecule has 0 aliphatic carbocycles. The quantitative estimate of drug-likeness (QED) is 0.879. The number of fused-ring (bicyclic) bond motifs is 1. The fourth-order valence-corrected chi connectivity index (χ4v) is 2.48. The van der Waals surface area contributed by atoms with Gasteiger partial charge in [-0.15, -0.1) is 0 Å². The van der Waals surface area contributed by atoms with Gasteiger partial charge in [0.25, 0.3) is 0 Å². The maximum absolute atomic E-state index is 5.54. The van der Waals surface area contributed by atoms with Crippen LogP contribution in [-0.2, 0) is 6.42 Å². The molecule has 3 rings (SSSR count). The second-order valence-electron chi connectivity index (χ2n) is 4.56. The summed E-state index contributed by atoms with van der Waals surface area (Å²) >= 11 is 0. The lowest BCUT2D eigenvalue weighted by Crippen LogP contribution is -2.04. The second kappa shape index (κ2) is 4.73. The zero-order valence-electron chi connectivity index (χ0n) is 10.5. The second-order valence-corrected chi connectivity index (χ2v) is 4.56. The van der Waals surface area contributed by atoms with E-state index in [4.69, 9.17) is 4.74 Å². The van der Waals surface area contributed by atoms with Gasteiger partial charge in [0, 0.05) is 5.69 Å². The summed E-state index contributed by atoms with van der Waals surface area (Å²) in [5, 5.41) is 3.56. The van der Waals surface area contributed by atoms with Gasteiger partial charge in [0.15, 0.2) is 0 Å². The fourth-order valence-electron chi connectivity index (χ4n) is 2.48. The van der Waals surface area contributed by atoms with Gasteiger partial charge in [-0.05, 0) is 42.7 Å². The maximum Gasteiger partial charge on any atom is 0.119 e. The minimum Gasteiger partial charge on any atom is -0.494 e. The molecule has 2 aromatic rings. The van der Waals surface area contributed by atoms with E-state index in [1.807, 2.05) is 13.0 Å². The number of hydrogen-bond acceptors (Lipinski definition) is 2. The number of nitrogens with one attached hydrogen (secondary N) is 1. The van der Waals surface area contributed by atoms with Crippen molar-refractivity contribution in [3.8, 4) is 5.75 Å². The Morgan fingerprint density at radius 2 is 2.00 bits per heavy atom. The van der Waals surface area contributed by atoms with Crippen molar-refractivity contribution in [2.45, 2.75) is 19.4 Å². The molecule has 1 N–H and O–H groups in total. The molecule has 0 saturated carbocycles. The highest BCUT2D eigenvalue weighted by Gasteiger charge is 2.21. The lowest BCUT2D eigenvalue weighted by atomic mass is 10.0. The minimum atomic E-state index is 0.387. The Kier molecular flexibility index (Phi) is 2.93. The van der Waals surface area contributed by atoms with Crippen molar-refractivity contribution in [1.82, 2.24) is 0 Å². The Labute approximate surface area is 108 Å². The van der Waals surface area contributed by atoms with Crippen LogP contribution in [-0.4, -0.2) is 6.61 Å². The molecule has 2 nitrogen and oxygen atoms in total. The van der Waals surface area contributed by atoms with Gasteiger partial charge in [0.1, 0.15) is 5.75 Å². The molecule has 1 aliphatic rings. The Morgan fingerprint density at radius 1 is 1.17 bits per heavy atom. The third-order valence-corrected chi connectivity index (χ3v) is 3.34. The van der Waals surface area contributed by atoms with E-state index in [-0.39, 0.29) is 0 Å². The van der Waals surface area contributed by atoms with Crippen molar-refractivity contribution >= 4 is 5.69 Å². The van der Waals surface area contributed by atoms with Gasteiger partial charge in [-0.1, -0.05) is 30.3 Å². The van der Waals surface area contributed by atoms with Gasteiger partial charge in [-0.2, -0.15) is 0 Å². The van der Waals surface area contributed by atoms with Crippen LogP contribution in [0.1, 0.15) is 24.1 Å².